The van der Waals surface area contributed by atoms with Gasteiger partial charge in [0.2, 0.25) is 5.95 Å². The Morgan fingerprint density at radius 3 is 2.71 bits per heavy atom. The Bertz CT molecular complexity index is 669. The van der Waals surface area contributed by atoms with Crippen LogP contribution in [0.4, 0.5) is 5.95 Å². The van der Waals surface area contributed by atoms with E-state index in [1.807, 2.05) is 18.3 Å². The number of nitrogens with zero attached hydrogens (tertiary/aromatic N) is 3. The number of aromatic nitrogens is 2. The zero-order valence-corrected chi connectivity index (χ0v) is 12.6. The molecule has 1 fully saturated rings. The summed E-state index contributed by atoms with van der Waals surface area (Å²) in [7, 11) is 2.15. The van der Waals surface area contributed by atoms with E-state index in [1.54, 1.807) is 0 Å². The van der Waals surface area contributed by atoms with Gasteiger partial charge in [-0.2, -0.15) is 0 Å². The lowest BCUT2D eigenvalue weighted by molar-refractivity contribution is 0.311. The molecule has 0 radical (unpaired) electrons. The summed E-state index contributed by atoms with van der Waals surface area (Å²) in [4.78, 5) is 12.4. The van der Waals surface area contributed by atoms with Crippen LogP contribution >= 0.6 is 0 Å². The number of anilines is 1. The van der Waals surface area contributed by atoms with Crippen molar-refractivity contribution < 1.29 is 0 Å². The highest BCUT2D eigenvalue weighted by molar-refractivity contribution is 5.43. The quantitative estimate of drug-likeness (QED) is 0.810. The molecule has 4 heteroatoms. The van der Waals surface area contributed by atoms with Crippen LogP contribution in [0.3, 0.4) is 0 Å². The molecule has 2 heterocycles. The zero-order chi connectivity index (χ0) is 14.7. The number of aryl methyl sites for hydroxylation is 1. The van der Waals surface area contributed by atoms with E-state index in [2.05, 4.69) is 57.7 Å². The van der Waals surface area contributed by atoms with Gasteiger partial charge in [-0.1, -0.05) is 18.1 Å². The lowest BCUT2D eigenvalue weighted by Gasteiger charge is -2.32. The van der Waals surface area contributed by atoms with Crippen molar-refractivity contribution in [3.63, 3.8) is 0 Å². The molecule has 1 aliphatic rings. The van der Waals surface area contributed by atoms with Gasteiger partial charge in [-0.05, 0) is 37.6 Å². The number of rotatable bonds is 1. The summed E-state index contributed by atoms with van der Waals surface area (Å²) in [6, 6.07) is 8.22. The highest BCUT2D eigenvalue weighted by Gasteiger charge is 2.16. The molecule has 1 aliphatic heterocycles. The second-order valence-corrected chi connectivity index (χ2v) is 5.53. The molecule has 0 bridgehead atoms. The van der Waals surface area contributed by atoms with Gasteiger partial charge in [0.05, 0.1) is 6.20 Å². The van der Waals surface area contributed by atoms with Gasteiger partial charge in [-0.15, -0.1) is 0 Å². The SMILES string of the molecule is Cc1cccc(C#Cc2cnc(N3CCN(C)CC3)[nH]2)c1. The van der Waals surface area contributed by atoms with Crippen molar-refractivity contribution in [1.29, 1.82) is 0 Å². The van der Waals surface area contributed by atoms with Gasteiger partial charge < -0.3 is 14.8 Å². The standard InChI is InChI=1S/C17H20N4/c1-14-4-3-5-15(12-14)6-7-16-13-18-17(19-16)21-10-8-20(2)9-11-21/h3-5,12-13H,8-11H2,1-2H3,(H,18,19). The van der Waals surface area contributed by atoms with E-state index in [0.29, 0.717) is 0 Å². The minimum atomic E-state index is 0.866. The van der Waals surface area contributed by atoms with Crippen LogP contribution < -0.4 is 4.90 Å². The molecule has 108 valence electrons. The molecule has 0 saturated carbocycles. The number of likely N-dealkylation sites (N-methyl/N-ethyl adjacent to an activating group) is 1. The van der Waals surface area contributed by atoms with E-state index in [4.69, 9.17) is 0 Å². The normalized spacial score (nSPS) is 15.6. The van der Waals surface area contributed by atoms with Crippen molar-refractivity contribution in [2.24, 2.45) is 0 Å². The van der Waals surface area contributed by atoms with E-state index in [0.717, 1.165) is 43.4 Å². The first kappa shape index (κ1) is 13.7. The number of imidazole rings is 1. The topological polar surface area (TPSA) is 35.2 Å². The summed E-state index contributed by atoms with van der Waals surface area (Å²) >= 11 is 0. The van der Waals surface area contributed by atoms with Crippen LogP contribution in [0, 0.1) is 18.8 Å². The fraction of sp³-hybridized carbons (Fsp3) is 0.353. The Balaban J connectivity index is 1.71. The summed E-state index contributed by atoms with van der Waals surface area (Å²) in [5, 5.41) is 0. The highest BCUT2D eigenvalue weighted by Crippen LogP contribution is 2.11. The molecule has 1 aromatic carbocycles. The van der Waals surface area contributed by atoms with Crippen LogP contribution in [-0.4, -0.2) is 48.1 Å². The van der Waals surface area contributed by atoms with Crippen LogP contribution in [0.1, 0.15) is 16.8 Å². The molecule has 0 spiro atoms. The molecular formula is C17H20N4. The molecule has 0 unspecified atom stereocenters. The number of nitrogens with one attached hydrogen (secondary N) is 1. The first-order chi connectivity index (χ1) is 10.2. The van der Waals surface area contributed by atoms with E-state index in [9.17, 15) is 0 Å². The maximum absolute atomic E-state index is 4.44. The van der Waals surface area contributed by atoms with Crippen molar-refractivity contribution in [2.45, 2.75) is 6.92 Å². The number of H-pyrrole nitrogens is 1. The Kier molecular flexibility index (Phi) is 3.94. The smallest absolute Gasteiger partial charge is 0.203 e. The summed E-state index contributed by atoms with van der Waals surface area (Å²) in [6.45, 7) is 6.24. The number of hydrogen-bond donors (Lipinski definition) is 1. The van der Waals surface area contributed by atoms with Gasteiger partial charge in [0.1, 0.15) is 5.69 Å². The number of hydrogen-bond acceptors (Lipinski definition) is 3. The van der Waals surface area contributed by atoms with Gasteiger partial charge in [-0.3, -0.25) is 0 Å². The molecule has 0 aliphatic carbocycles. The number of piperazine rings is 1. The van der Waals surface area contributed by atoms with Crippen molar-refractivity contribution in [3.8, 4) is 11.8 Å². The third-order valence-corrected chi connectivity index (χ3v) is 3.72. The predicted molar refractivity (Wildman–Crippen MR) is 85.5 cm³/mol. The second-order valence-electron chi connectivity index (χ2n) is 5.53. The van der Waals surface area contributed by atoms with Crippen molar-refractivity contribution >= 4 is 5.95 Å². The van der Waals surface area contributed by atoms with Crippen LogP contribution in [0.5, 0.6) is 0 Å². The van der Waals surface area contributed by atoms with Crippen molar-refractivity contribution in [3.05, 3.63) is 47.3 Å². The molecule has 1 saturated heterocycles. The Morgan fingerprint density at radius 2 is 1.95 bits per heavy atom. The molecule has 1 N–H and O–H groups in total. The summed E-state index contributed by atoms with van der Waals surface area (Å²) in [6.07, 6.45) is 1.82. The Morgan fingerprint density at radius 1 is 1.14 bits per heavy atom. The highest BCUT2D eigenvalue weighted by atomic mass is 15.3. The molecule has 0 amide bonds. The van der Waals surface area contributed by atoms with Crippen molar-refractivity contribution in [1.82, 2.24) is 14.9 Å². The fourth-order valence-electron chi connectivity index (χ4n) is 2.42. The van der Waals surface area contributed by atoms with Crippen molar-refractivity contribution in [2.75, 3.05) is 38.1 Å². The maximum Gasteiger partial charge on any atom is 0.203 e. The predicted octanol–water partition coefficient (Wildman–Crippen LogP) is 1.87. The summed E-state index contributed by atoms with van der Waals surface area (Å²) in [5.74, 6) is 7.26. The van der Waals surface area contributed by atoms with Gasteiger partial charge in [0.25, 0.3) is 0 Å². The first-order valence-electron chi connectivity index (χ1n) is 7.28. The third-order valence-electron chi connectivity index (χ3n) is 3.72. The monoisotopic (exact) mass is 280 g/mol. The van der Waals surface area contributed by atoms with Crippen LogP contribution in [0.15, 0.2) is 30.5 Å². The average molecular weight is 280 g/mol. The van der Waals surface area contributed by atoms with Crippen LogP contribution in [0.25, 0.3) is 0 Å². The number of benzene rings is 1. The Labute approximate surface area is 125 Å². The van der Waals surface area contributed by atoms with Crippen LogP contribution in [0.2, 0.25) is 0 Å². The molecule has 3 rings (SSSR count). The summed E-state index contributed by atoms with van der Waals surface area (Å²) < 4.78 is 0. The minimum Gasteiger partial charge on any atom is -0.340 e. The lowest BCUT2D eigenvalue weighted by atomic mass is 10.1. The van der Waals surface area contributed by atoms with E-state index in [-0.39, 0.29) is 0 Å². The molecule has 21 heavy (non-hydrogen) atoms. The Hall–Kier alpha value is -2.25. The van der Waals surface area contributed by atoms with Crippen LogP contribution in [-0.2, 0) is 0 Å². The average Bonchev–Trinajstić information content (AvgIpc) is 2.95. The maximum atomic E-state index is 4.44. The molecule has 2 aromatic rings. The molecule has 1 aromatic heterocycles. The number of aromatic amines is 1. The second kappa shape index (κ2) is 6.02. The zero-order valence-electron chi connectivity index (χ0n) is 12.6. The van der Waals surface area contributed by atoms with E-state index < -0.39 is 0 Å². The van der Waals surface area contributed by atoms with E-state index in [1.165, 1.54) is 5.56 Å². The first-order valence-corrected chi connectivity index (χ1v) is 7.28. The minimum absolute atomic E-state index is 0.866. The molecule has 4 nitrogen and oxygen atoms in total. The third kappa shape index (κ3) is 3.45. The summed E-state index contributed by atoms with van der Waals surface area (Å²) in [5.41, 5.74) is 3.13. The van der Waals surface area contributed by atoms with Gasteiger partial charge >= 0.3 is 0 Å². The fourth-order valence-corrected chi connectivity index (χ4v) is 2.42. The molecular weight excluding hydrogens is 260 g/mol. The largest absolute Gasteiger partial charge is 0.340 e. The van der Waals surface area contributed by atoms with Gasteiger partial charge in [0.15, 0.2) is 0 Å². The van der Waals surface area contributed by atoms with Gasteiger partial charge in [-0.25, -0.2) is 4.98 Å². The lowest BCUT2D eigenvalue weighted by Crippen LogP contribution is -2.44. The molecule has 0 atom stereocenters. The van der Waals surface area contributed by atoms with E-state index >= 15 is 0 Å². The van der Waals surface area contributed by atoms with Gasteiger partial charge in [0, 0.05) is 31.7 Å².